The third-order valence-electron chi connectivity index (χ3n) is 2.02. The lowest BCUT2D eigenvalue weighted by Gasteiger charge is -2.29. The van der Waals surface area contributed by atoms with Gasteiger partial charge in [0.15, 0.2) is 0 Å². The molecule has 11 heavy (non-hydrogen) atoms. The number of hydrogen-bond acceptors (Lipinski definition) is 2. The zero-order valence-corrected chi connectivity index (χ0v) is 8.61. The Balaban J connectivity index is 4.14. The van der Waals surface area contributed by atoms with E-state index in [-0.39, 0.29) is 6.04 Å². The monoisotopic (exact) mass is 174 g/mol. The van der Waals surface area contributed by atoms with Crippen LogP contribution in [0.15, 0.2) is 0 Å². The van der Waals surface area contributed by atoms with Crippen LogP contribution in [0.5, 0.6) is 0 Å². The van der Waals surface area contributed by atoms with E-state index in [2.05, 4.69) is 32.7 Å². The van der Waals surface area contributed by atoms with E-state index < -0.39 is 0 Å². The Hall–Kier alpha value is -0.150. The molecule has 0 rings (SSSR count). The summed E-state index contributed by atoms with van der Waals surface area (Å²) in [4.78, 5) is 2.80. The molecule has 0 aliphatic carbocycles. The predicted octanol–water partition coefficient (Wildman–Crippen LogP) is 1.39. The van der Waals surface area contributed by atoms with Gasteiger partial charge in [0.2, 0.25) is 0 Å². The molecule has 2 nitrogen and oxygen atoms in total. The van der Waals surface area contributed by atoms with Crippen molar-refractivity contribution in [2.24, 2.45) is 5.73 Å². The number of nitrogens with zero attached hydrogens (tertiary/aromatic N) is 1. The lowest BCUT2D eigenvalue weighted by Crippen LogP contribution is -2.44. The minimum absolute atomic E-state index is 0.255. The summed E-state index contributed by atoms with van der Waals surface area (Å²) in [6.07, 6.45) is 0.990. The summed E-state index contributed by atoms with van der Waals surface area (Å²) in [6.45, 7) is 6.38. The van der Waals surface area contributed by atoms with Gasteiger partial charge in [-0.15, -0.1) is 0 Å². The summed E-state index contributed by atoms with van der Waals surface area (Å²) in [7, 11) is 2.05. The van der Waals surface area contributed by atoms with Crippen LogP contribution >= 0.6 is 12.2 Å². The molecule has 0 heterocycles. The second-order valence-corrected chi connectivity index (χ2v) is 3.56. The van der Waals surface area contributed by atoms with Crippen molar-refractivity contribution < 1.29 is 0 Å². The fourth-order valence-corrected chi connectivity index (χ4v) is 1.38. The van der Waals surface area contributed by atoms with Crippen molar-refractivity contribution in [1.82, 2.24) is 4.90 Å². The maximum Gasteiger partial charge on any atom is 0.0901 e. The van der Waals surface area contributed by atoms with Gasteiger partial charge in [0.1, 0.15) is 0 Å². The zero-order chi connectivity index (χ0) is 9.02. The first kappa shape index (κ1) is 10.8. The molecule has 0 aliphatic rings. The van der Waals surface area contributed by atoms with E-state index in [0.717, 1.165) is 6.42 Å². The van der Waals surface area contributed by atoms with Crippen molar-refractivity contribution in [3.63, 3.8) is 0 Å². The Morgan fingerprint density at radius 1 is 1.55 bits per heavy atom. The molecule has 0 aromatic heterocycles. The highest BCUT2D eigenvalue weighted by Gasteiger charge is 2.16. The summed E-state index contributed by atoms with van der Waals surface area (Å²) in [6, 6.07) is 0.756. The first-order valence-corrected chi connectivity index (χ1v) is 4.42. The Morgan fingerprint density at radius 3 is 2.09 bits per heavy atom. The average Bonchev–Trinajstić information content (AvgIpc) is 1.88. The number of rotatable bonds is 4. The molecular weight excluding hydrogens is 156 g/mol. The van der Waals surface area contributed by atoms with E-state index in [1.165, 1.54) is 0 Å². The molecule has 0 aromatic rings. The van der Waals surface area contributed by atoms with Gasteiger partial charge in [-0.3, -0.25) is 4.90 Å². The second kappa shape index (κ2) is 4.67. The summed E-state index contributed by atoms with van der Waals surface area (Å²) in [5, 5.41) is 0. The minimum atomic E-state index is 0.255. The number of likely N-dealkylation sites (N-methyl/N-ethyl adjacent to an activating group) is 1. The summed E-state index contributed by atoms with van der Waals surface area (Å²) >= 11 is 4.95. The summed E-state index contributed by atoms with van der Waals surface area (Å²) in [5.41, 5.74) is 5.58. The highest BCUT2D eigenvalue weighted by atomic mass is 32.1. The van der Waals surface area contributed by atoms with E-state index >= 15 is 0 Å². The van der Waals surface area contributed by atoms with Gasteiger partial charge in [0.25, 0.3) is 0 Å². The van der Waals surface area contributed by atoms with E-state index in [4.69, 9.17) is 18.0 Å². The highest BCUT2D eigenvalue weighted by molar-refractivity contribution is 7.80. The smallest absolute Gasteiger partial charge is 0.0901 e. The molecule has 0 fully saturated rings. The minimum Gasteiger partial charge on any atom is -0.392 e. The SMILES string of the molecule is CCC(C(N)=S)N(C)C(C)C. The van der Waals surface area contributed by atoms with Crippen molar-refractivity contribution in [3.8, 4) is 0 Å². The van der Waals surface area contributed by atoms with Gasteiger partial charge >= 0.3 is 0 Å². The maximum atomic E-state index is 5.58. The average molecular weight is 174 g/mol. The van der Waals surface area contributed by atoms with E-state index in [1.807, 2.05) is 0 Å². The molecule has 66 valence electrons. The third-order valence-corrected chi connectivity index (χ3v) is 2.29. The largest absolute Gasteiger partial charge is 0.392 e. The molecule has 1 atom stereocenters. The van der Waals surface area contributed by atoms with Gasteiger partial charge in [0, 0.05) is 6.04 Å². The summed E-state index contributed by atoms with van der Waals surface area (Å²) in [5.74, 6) is 0. The van der Waals surface area contributed by atoms with Crippen LogP contribution in [0.1, 0.15) is 27.2 Å². The Kier molecular flexibility index (Phi) is 4.61. The number of thiocarbonyl (C=S) groups is 1. The van der Waals surface area contributed by atoms with Crippen LogP contribution in [0, 0.1) is 0 Å². The van der Waals surface area contributed by atoms with Crippen LogP contribution in [-0.2, 0) is 0 Å². The van der Waals surface area contributed by atoms with Crippen LogP contribution in [0.3, 0.4) is 0 Å². The first-order valence-electron chi connectivity index (χ1n) is 4.02. The molecule has 3 heteroatoms. The molecular formula is C8H18N2S. The van der Waals surface area contributed by atoms with E-state index in [9.17, 15) is 0 Å². The maximum absolute atomic E-state index is 5.58. The van der Waals surface area contributed by atoms with Gasteiger partial charge in [0.05, 0.1) is 11.0 Å². The molecule has 0 aromatic carbocycles. The van der Waals surface area contributed by atoms with Gasteiger partial charge in [-0.1, -0.05) is 19.1 Å². The number of hydrogen-bond donors (Lipinski definition) is 1. The lowest BCUT2D eigenvalue weighted by molar-refractivity contribution is 0.237. The molecule has 0 saturated carbocycles. The van der Waals surface area contributed by atoms with Crippen molar-refractivity contribution in [2.75, 3.05) is 7.05 Å². The van der Waals surface area contributed by atoms with Crippen LogP contribution in [0.2, 0.25) is 0 Å². The topological polar surface area (TPSA) is 29.3 Å². The normalized spacial score (nSPS) is 14.0. The molecule has 0 aliphatic heterocycles. The van der Waals surface area contributed by atoms with Crippen molar-refractivity contribution in [2.45, 2.75) is 39.3 Å². The van der Waals surface area contributed by atoms with Crippen LogP contribution in [0.4, 0.5) is 0 Å². The molecule has 0 radical (unpaired) electrons. The lowest BCUT2D eigenvalue weighted by atomic mass is 10.1. The molecule has 1 unspecified atom stereocenters. The fraction of sp³-hybridized carbons (Fsp3) is 0.875. The van der Waals surface area contributed by atoms with Gasteiger partial charge in [-0.2, -0.15) is 0 Å². The Bertz CT molecular complexity index is 134. The first-order chi connectivity index (χ1) is 5.00. The standard InChI is InChI=1S/C8H18N2S/c1-5-7(8(9)11)10(4)6(2)3/h6-7H,5H2,1-4H3,(H2,9,11). The Morgan fingerprint density at radius 2 is 2.00 bits per heavy atom. The fourth-order valence-electron chi connectivity index (χ4n) is 1.05. The van der Waals surface area contributed by atoms with Gasteiger partial charge < -0.3 is 5.73 Å². The number of nitrogens with two attached hydrogens (primary N) is 1. The van der Waals surface area contributed by atoms with Crippen molar-refractivity contribution >= 4 is 17.2 Å². The Labute approximate surface area is 74.8 Å². The molecule has 0 bridgehead atoms. The molecule has 2 N–H and O–H groups in total. The van der Waals surface area contributed by atoms with Crippen LogP contribution < -0.4 is 5.73 Å². The van der Waals surface area contributed by atoms with Crippen molar-refractivity contribution in [1.29, 1.82) is 0 Å². The van der Waals surface area contributed by atoms with E-state index in [1.54, 1.807) is 0 Å². The van der Waals surface area contributed by atoms with Crippen LogP contribution in [0.25, 0.3) is 0 Å². The van der Waals surface area contributed by atoms with E-state index in [0.29, 0.717) is 11.0 Å². The summed E-state index contributed by atoms with van der Waals surface area (Å²) < 4.78 is 0. The third kappa shape index (κ3) is 3.16. The second-order valence-electron chi connectivity index (χ2n) is 3.09. The van der Waals surface area contributed by atoms with Gasteiger partial charge in [-0.25, -0.2) is 0 Å². The zero-order valence-electron chi connectivity index (χ0n) is 7.79. The molecule has 0 spiro atoms. The quantitative estimate of drug-likeness (QED) is 0.653. The van der Waals surface area contributed by atoms with Crippen molar-refractivity contribution in [3.05, 3.63) is 0 Å². The van der Waals surface area contributed by atoms with Crippen LogP contribution in [-0.4, -0.2) is 29.0 Å². The molecule has 0 saturated heterocycles. The molecule has 0 amide bonds. The highest BCUT2D eigenvalue weighted by Crippen LogP contribution is 2.05. The van der Waals surface area contributed by atoms with Gasteiger partial charge in [-0.05, 0) is 27.3 Å². The predicted molar refractivity (Wildman–Crippen MR) is 53.8 cm³/mol.